The van der Waals surface area contributed by atoms with Gasteiger partial charge in [-0.25, -0.2) is 4.98 Å². The average Bonchev–Trinajstić information content (AvgIpc) is 2.82. The van der Waals surface area contributed by atoms with Gasteiger partial charge in [-0.15, -0.1) is 11.3 Å². The lowest BCUT2D eigenvalue weighted by atomic mass is 10.1. The summed E-state index contributed by atoms with van der Waals surface area (Å²) in [6, 6.07) is 4.95. The Morgan fingerprint density at radius 2 is 1.90 bits per heavy atom. The van der Waals surface area contributed by atoms with Crippen LogP contribution in [0.4, 0.5) is 0 Å². The van der Waals surface area contributed by atoms with Gasteiger partial charge in [0.2, 0.25) is 5.91 Å². The highest BCUT2D eigenvalue weighted by Gasteiger charge is 2.15. The van der Waals surface area contributed by atoms with Gasteiger partial charge < -0.3 is 10.6 Å². The molecule has 0 aliphatic carbocycles. The number of aromatic nitrogens is 1. The number of carbonyl (C=O) groups excluding carboxylic acids is 2. The predicted octanol–water partition coefficient (Wildman–Crippen LogP) is 2.13. The van der Waals surface area contributed by atoms with E-state index in [0.717, 1.165) is 16.3 Å². The average molecular weight is 303 g/mol. The summed E-state index contributed by atoms with van der Waals surface area (Å²) >= 11 is 1.52. The van der Waals surface area contributed by atoms with Crippen molar-refractivity contribution in [3.63, 3.8) is 0 Å². The Kier molecular flexibility index (Phi) is 4.37. The molecule has 0 saturated heterocycles. The molecular formula is C15H17N3O2S. The fraction of sp³-hybridized carbons (Fsp3) is 0.267. The molecule has 1 aromatic carbocycles. The van der Waals surface area contributed by atoms with Crippen molar-refractivity contribution >= 4 is 23.2 Å². The number of hydrogen-bond acceptors (Lipinski definition) is 4. The van der Waals surface area contributed by atoms with E-state index >= 15 is 0 Å². The van der Waals surface area contributed by atoms with Gasteiger partial charge in [0.25, 0.3) is 5.91 Å². The second kappa shape index (κ2) is 6.05. The Labute approximate surface area is 127 Å². The lowest BCUT2D eigenvalue weighted by Gasteiger charge is -2.16. The molecule has 0 saturated carbocycles. The van der Waals surface area contributed by atoms with Crippen molar-refractivity contribution in [2.24, 2.45) is 5.73 Å². The monoisotopic (exact) mass is 303 g/mol. The van der Waals surface area contributed by atoms with E-state index in [4.69, 9.17) is 5.73 Å². The Balaban J connectivity index is 2.20. The number of nitrogens with two attached hydrogens (primary N) is 1. The van der Waals surface area contributed by atoms with Gasteiger partial charge in [-0.2, -0.15) is 0 Å². The second-order valence-electron chi connectivity index (χ2n) is 5.00. The summed E-state index contributed by atoms with van der Waals surface area (Å²) in [5.41, 5.74) is 7.86. The van der Waals surface area contributed by atoms with Gasteiger partial charge in [-0.1, -0.05) is 0 Å². The molecule has 0 spiro atoms. The van der Waals surface area contributed by atoms with Gasteiger partial charge in [0.1, 0.15) is 5.01 Å². The zero-order chi connectivity index (χ0) is 15.6. The number of thiazole rings is 1. The molecule has 0 fully saturated rings. The normalized spacial score (nSPS) is 10.4. The summed E-state index contributed by atoms with van der Waals surface area (Å²) in [6.07, 6.45) is 0. The molecule has 0 bridgehead atoms. The van der Waals surface area contributed by atoms with Crippen LogP contribution in [0, 0.1) is 13.8 Å². The lowest BCUT2D eigenvalue weighted by molar-refractivity contribution is 0.0785. The molecule has 2 N–H and O–H groups in total. The van der Waals surface area contributed by atoms with E-state index in [1.165, 1.54) is 17.4 Å². The molecule has 110 valence electrons. The molecule has 21 heavy (non-hydrogen) atoms. The van der Waals surface area contributed by atoms with Crippen molar-refractivity contribution in [3.8, 4) is 0 Å². The molecule has 6 heteroatoms. The van der Waals surface area contributed by atoms with Crippen LogP contribution < -0.4 is 5.73 Å². The van der Waals surface area contributed by atoms with Crippen molar-refractivity contribution in [3.05, 3.63) is 51.0 Å². The first-order valence-corrected chi connectivity index (χ1v) is 7.32. The topological polar surface area (TPSA) is 76.3 Å². The molecule has 0 radical (unpaired) electrons. The van der Waals surface area contributed by atoms with Crippen molar-refractivity contribution < 1.29 is 9.59 Å². The maximum absolute atomic E-state index is 12.4. The van der Waals surface area contributed by atoms with Crippen LogP contribution in [-0.2, 0) is 6.54 Å². The number of primary amides is 1. The summed E-state index contributed by atoms with van der Waals surface area (Å²) < 4.78 is 0. The minimum atomic E-state index is -0.536. The third-order valence-corrected chi connectivity index (χ3v) is 3.95. The minimum absolute atomic E-state index is 0.158. The first-order valence-electron chi connectivity index (χ1n) is 6.45. The van der Waals surface area contributed by atoms with Gasteiger partial charge in [0.15, 0.2) is 0 Å². The molecule has 2 amide bonds. The van der Waals surface area contributed by atoms with Gasteiger partial charge in [0, 0.05) is 29.2 Å². The van der Waals surface area contributed by atoms with Gasteiger partial charge in [-0.3, -0.25) is 9.59 Å². The summed E-state index contributed by atoms with van der Waals surface area (Å²) in [6.45, 7) is 4.19. The molecule has 1 heterocycles. The van der Waals surface area contributed by atoms with Crippen LogP contribution in [0.25, 0.3) is 0 Å². The summed E-state index contributed by atoms with van der Waals surface area (Å²) in [4.78, 5) is 29.6. The third kappa shape index (κ3) is 3.66. The van der Waals surface area contributed by atoms with E-state index in [0.29, 0.717) is 17.7 Å². The highest BCUT2D eigenvalue weighted by Crippen LogP contribution is 2.15. The van der Waals surface area contributed by atoms with Gasteiger partial charge in [-0.05, 0) is 37.6 Å². The highest BCUT2D eigenvalue weighted by atomic mass is 32.1. The Bertz CT molecular complexity index is 694. The molecule has 5 nitrogen and oxygen atoms in total. The molecule has 2 rings (SSSR count). The van der Waals surface area contributed by atoms with Crippen molar-refractivity contribution in [1.82, 2.24) is 9.88 Å². The zero-order valence-electron chi connectivity index (χ0n) is 12.2. The lowest BCUT2D eigenvalue weighted by Crippen LogP contribution is -2.26. The molecule has 0 atom stereocenters. The molecule has 0 aliphatic rings. The van der Waals surface area contributed by atoms with E-state index < -0.39 is 5.91 Å². The fourth-order valence-corrected chi connectivity index (χ4v) is 2.84. The number of aryl methyl sites for hydroxylation is 2. The molecule has 1 aromatic heterocycles. The standard InChI is InChI=1S/C15H17N3O2S/c1-9-4-11(14(16)19)6-12(5-9)15(20)18(3)7-13-17-10(2)8-21-13/h4-6,8H,7H2,1-3H3,(H2,16,19). The van der Waals surface area contributed by atoms with E-state index in [1.54, 1.807) is 24.1 Å². The Morgan fingerprint density at radius 1 is 1.24 bits per heavy atom. The van der Waals surface area contributed by atoms with E-state index in [9.17, 15) is 9.59 Å². The van der Waals surface area contributed by atoms with Crippen LogP contribution in [0.15, 0.2) is 23.6 Å². The van der Waals surface area contributed by atoms with Crippen LogP contribution >= 0.6 is 11.3 Å². The van der Waals surface area contributed by atoms with Crippen molar-refractivity contribution in [2.45, 2.75) is 20.4 Å². The Hall–Kier alpha value is -2.21. The number of rotatable bonds is 4. The van der Waals surface area contributed by atoms with Crippen LogP contribution in [0.1, 0.15) is 37.0 Å². The number of benzene rings is 1. The van der Waals surface area contributed by atoms with Crippen LogP contribution in [0.5, 0.6) is 0 Å². The molecular weight excluding hydrogens is 286 g/mol. The molecule has 0 aliphatic heterocycles. The second-order valence-corrected chi connectivity index (χ2v) is 5.94. The first-order chi connectivity index (χ1) is 9.86. The maximum atomic E-state index is 12.4. The summed E-state index contributed by atoms with van der Waals surface area (Å²) in [7, 11) is 1.71. The summed E-state index contributed by atoms with van der Waals surface area (Å²) in [5, 5.41) is 2.83. The highest BCUT2D eigenvalue weighted by molar-refractivity contribution is 7.09. The first kappa shape index (κ1) is 15.2. The largest absolute Gasteiger partial charge is 0.366 e. The predicted molar refractivity (Wildman–Crippen MR) is 82.3 cm³/mol. The summed E-state index contributed by atoms with van der Waals surface area (Å²) in [5.74, 6) is -0.694. The number of hydrogen-bond donors (Lipinski definition) is 1. The number of amides is 2. The number of carbonyl (C=O) groups is 2. The zero-order valence-corrected chi connectivity index (χ0v) is 13.0. The van der Waals surface area contributed by atoms with E-state index in [1.807, 2.05) is 19.2 Å². The third-order valence-electron chi connectivity index (χ3n) is 2.99. The molecule has 2 aromatic rings. The van der Waals surface area contributed by atoms with E-state index in [-0.39, 0.29) is 5.91 Å². The van der Waals surface area contributed by atoms with E-state index in [2.05, 4.69) is 4.98 Å². The van der Waals surface area contributed by atoms with Crippen molar-refractivity contribution in [2.75, 3.05) is 7.05 Å². The minimum Gasteiger partial charge on any atom is -0.366 e. The SMILES string of the molecule is Cc1cc(C(N)=O)cc(C(=O)N(C)Cc2nc(C)cs2)c1. The number of nitrogens with zero attached hydrogens (tertiary/aromatic N) is 2. The van der Waals surface area contributed by atoms with Crippen LogP contribution in [-0.4, -0.2) is 28.7 Å². The van der Waals surface area contributed by atoms with Crippen LogP contribution in [0.3, 0.4) is 0 Å². The smallest absolute Gasteiger partial charge is 0.254 e. The molecule has 0 unspecified atom stereocenters. The van der Waals surface area contributed by atoms with Gasteiger partial charge >= 0.3 is 0 Å². The Morgan fingerprint density at radius 3 is 2.48 bits per heavy atom. The quantitative estimate of drug-likeness (QED) is 0.940. The fourth-order valence-electron chi connectivity index (χ4n) is 2.02. The van der Waals surface area contributed by atoms with Gasteiger partial charge in [0.05, 0.1) is 6.54 Å². The maximum Gasteiger partial charge on any atom is 0.254 e. The van der Waals surface area contributed by atoms with Crippen molar-refractivity contribution in [1.29, 1.82) is 0 Å². The van der Waals surface area contributed by atoms with Crippen LogP contribution in [0.2, 0.25) is 0 Å².